The molecule has 0 aliphatic carbocycles. The second-order valence-electron chi connectivity index (χ2n) is 4.31. The van der Waals surface area contributed by atoms with Gasteiger partial charge in [0.15, 0.2) is 0 Å². The summed E-state index contributed by atoms with van der Waals surface area (Å²) in [6, 6.07) is 3.33. The zero-order valence-corrected chi connectivity index (χ0v) is 13.1. The highest BCUT2D eigenvalue weighted by atomic mass is 35.5. The number of anilines is 1. The summed E-state index contributed by atoms with van der Waals surface area (Å²) >= 11 is 6.05. The van der Waals surface area contributed by atoms with Crippen molar-refractivity contribution in [3.05, 3.63) is 22.7 Å². The first-order valence-corrected chi connectivity index (χ1v) is 8.36. The van der Waals surface area contributed by atoms with E-state index in [0.717, 1.165) is 12.0 Å². The summed E-state index contributed by atoms with van der Waals surface area (Å²) in [5, 5.41) is 0.403. The average molecular weight is 306 g/mol. The van der Waals surface area contributed by atoms with Crippen LogP contribution in [0.1, 0.15) is 32.3 Å². The van der Waals surface area contributed by atoms with E-state index >= 15 is 0 Å². The number of nitrogens with one attached hydrogen (secondary N) is 1. The van der Waals surface area contributed by atoms with Crippen molar-refractivity contribution in [1.82, 2.24) is 0 Å². The molecule has 0 amide bonds. The molecule has 0 saturated carbocycles. The van der Waals surface area contributed by atoms with Gasteiger partial charge in [0.05, 0.1) is 23.1 Å². The Morgan fingerprint density at radius 3 is 2.58 bits per heavy atom. The molecular weight excluding hydrogens is 286 g/mol. The maximum absolute atomic E-state index is 11.8. The predicted molar refractivity (Wildman–Crippen MR) is 79.7 cm³/mol. The molecule has 1 aromatic rings. The van der Waals surface area contributed by atoms with Crippen LogP contribution < -0.4 is 9.46 Å². The molecule has 0 saturated heterocycles. The van der Waals surface area contributed by atoms with Gasteiger partial charge >= 0.3 is 0 Å². The van der Waals surface area contributed by atoms with Crippen LogP contribution in [0.25, 0.3) is 0 Å². The number of sulfonamides is 1. The second-order valence-corrected chi connectivity index (χ2v) is 6.55. The van der Waals surface area contributed by atoms with Crippen LogP contribution in [0.5, 0.6) is 5.75 Å². The first-order chi connectivity index (χ1) is 8.89. The molecule has 0 aromatic heterocycles. The van der Waals surface area contributed by atoms with Crippen LogP contribution in [0, 0.1) is 6.92 Å². The van der Waals surface area contributed by atoms with Gasteiger partial charge in [-0.15, -0.1) is 0 Å². The molecule has 4 nitrogen and oxygen atoms in total. The lowest BCUT2D eigenvalue weighted by Gasteiger charge is -2.13. The molecular formula is C13H20ClNO3S. The minimum absolute atomic E-state index is 0.119. The number of hydrogen-bond donors (Lipinski definition) is 1. The fourth-order valence-electron chi connectivity index (χ4n) is 1.58. The largest absolute Gasteiger partial charge is 0.492 e. The third-order valence-corrected chi connectivity index (χ3v) is 4.26. The van der Waals surface area contributed by atoms with Crippen molar-refractivity contribution in [2.75, 3.05) is 17.1 Å². The molecule has 108 valence electrons. The molecule has 0 bridgehead atoms. The van der Waals surface area contributed by atoms with Crippen LogP contribution >= 0.6 is 11.6 Å². The molecule has 1 aromatic carbocycles. The minimum atomic E-state index is -3.31. The lowest BCUT2D eigenvalue weighted by Crippen LogP contribution is -2.17. The van der Waals surface area contributed by atoms with E-state index in [-0.39, 0.29) is 5.75 Å². The molecule has 0 spiro atoms. The van der Waals surface area contributed by atoms with Gasteiger partial charge in [-0.2, -0.15) is 0 Å². The zero-order chi connectivity index (χ0) is 14.5. The topological polar surface area (TPSA) is 55.4 Å². The Morgan fingerprint density at radius 2 is 2.00 bits per heavy atom. The molecule has 1 N–H and O–H groups in total. The summed E-state index contributed by atoms with van der Waals surface area (Å²) in [7, 11) is -3.31. The van der Waals surface area contributed by atoms with Crippen LogP contribution in [0.15, 0.2) is 12.1 Å². The second kappa shape index (κ2) is 7.01. The van der Waals surface area contributed by atoms with Crippen LogP contribution in [0.2, 0.25) is 5.02 Å². The number of halogens is 1. The summed E-state index contributed by atoms with van der Waals surface area (Å²) in [4.78, 5) is 0. The highest BCUT2D eigenvalue weighted by Crippen LogP contribution is 2.31. The number of unbranched alkanes of at least 4 members (excludes halogenated alkanes) is 1. The molecule has 6 heteroatoms. The van der Waals surface area contributed by atoms with E-state index in [2.05, 4.69) is 4.72 Å². The standard InChI is InChI=1S/C13H20ClNO3S/c1-4-6-7-19(16,17)15-12-9-11(14)13(18-5-2)8-10(12)3/h8-9,15H,4-7H2,1-3H3. The Kier molecular flexibility index (Phi) is 5.94. The fraction of sp³-hybridized carbons (Fsp3) is 0.538. The lowest BCUT2D eigenvalue weighted by molar-refractivity contribution is 0.340. The molecule has 1 rings (SSSR count). The SMILES string of the molecule is CCCCS(=O)(=O)Nc1cc(Cl)c(OCC)cc1C. The average Bonchev–Trinajstić information content (AvgIpc) is 2.33. The van der Waals surface area contributed by atoms with Crippen LogP contribution in [0.4, 0.5) is 5.69 Å². The summed E-state index contributed by atoms with van der Waals surface area (Å²) in [5.41, 5.74) is 1.29. The van der Waals surface area contributed by atoms with Gasteiger partial charge in [0.25, 0.3) is 0 Å². The molecule has 0 aliphatic rings. The van der Waals surface area contributed by atoms with Crippen LogP contribution in [-0.2, 0) is 10.0 Å². The van der Waals surface area contributed by atoms with E-state index in [9.17, 15) is 8.42 Å². The van der Waals surface area contributed by atoms with Gasteiger partial charge in [0.1, 0.15) is 5.75 Å². The van der Waals surface area contributed by atoms with Gasteiger partial charge in [-0.3, -0.25) is 4.72 Å². The normalized spacial score (nSPS) is 11.4. The molecule has 0 radical (unpaired) electrons. The summed E-state index contributed by atoms with van der Waals surface area (Å²) in [5.74, 6) is 0.687. The van der Waals surface area contributed by atoms with Crippen molar-refractivity contribution in [3.8, 4) is 5.75 Å². The highest BCUT2D eigenvalue weighted by molar-refractivity contribution is 7.92. The Morgan fingerprint density at radius 1 is 1.32 bits per heavy atom. The smallest absolute Gasteiger partial charge is 0.232 e. The van der Waals surface area contributed by atoms with Gasteiger partial charge in [-0.05, 0) is 38.0 Å². The maximum atomic E-state index is 11.8. The summed E-state index contributed by atoms with van der Waals surface area (Å²) in [6.07, 6.45) is 1.48. The van der Waals surface area contributed by atoms with E-state index in [1.165, 1.54) is 0 Å². The quantitative estimate of drug-likeness (QED) is 0.837. The van der Waals surface area contributed by atoms with Gasteiger partial charge < -0.3 is 4.74 Å². The number of rotatable bonds is 7. The van der Waals surface area contributed by atoms with E-state index in [1.54, 1.807) is 12.1 Å². The van der Waals surface area contributed by atoms with Crippen molar-refractivity contribution in [1.29, 1.82) is 0 Å². The van der Waals surface area contributed by atoms with Gasteiger partial charge in [-0.25, -0.2) is 8.42 Å². The third-order valence-electron chi connectivity index (χ3n) is 2.61. The Labute approximate surface area is 120 Å². The maximum Gasteiger partial charge on any atom is 0.232 e. The van der Waals surface area contributed by atoms with Crippen molar-refractivity contribution < 1.29 is 13.2 Å². The summed E-state index contributed by atoms with van der Waals surface area (Å²) in [6.45, 7) is 6.15. The van der Waals surface area contributed by atoms with Gasteiger partial charge in [-0.1, -0.05) is 24.9 Å². The number of hydrogen-bond acceptors (Lipinski definition) is 3. The Bertz CT molecular complexity index is 529. The van der Waals surface area contributed by atoms with E-state index in [0.29, 0.717) is 29.5 Å². The lowest BCUT2D eigenvalue weighted by atomic mass is 10.2. The predicted octanol–water partition coefficient (Wildman–Crippen LogP) is 3.59. The monoisotopic (exact) mass is 305 g/mol. The van der Waals surface area contributed by atoms with Crippen molar-refractivity contribution in [2.24, 2.45) is 0 Å². The third kappa shape index (κ3) is 4.91. The first kappa shape index (κ1) is 16.1. The van der Waals surface area contributed by atoms with Crippen molar-refractivity contribution in [2.45, 2.75) is 33.6 Å². The minimum Gasteiger partial charge on any atom is -0.492 e. The molecule has 0 atom stereocenters. The van der Waals surface area contributed by atoms with Crippen LogP contribution in [-0.4, -0.2) is 20.8 Å². The fourth-order valence-corrected chi connectivity index (χ4v) is 3.13. The van der Waals surface area contributed by atoms with Crippen molar-refractivity contribution >= 4 is 27.3 Å². The van der Waals surface area contributed by atoms with E-state index < -0.39 is 10.0 Å². The number of benzene rings is 1. The van der Waals surface area contributed by atoms with E-state index in [1.807, 2.05) is 20.8 Å². The van der Waals surface area contributed by atoms with E-state index in [4.69, 9.17) is 16.3 Å². The molecule has 0 heterocycles. The molecule has 0 unspecified atom stereocenters. The number of ether oxygens (including phenoxy) is 1. The van der Waals surface area contributed by atoms with Crippen molar-refractivity contribution in [3.63, 3.8) is 0 Å². The summed E-state index contributed by atoms with van der Waals surface area (Å²) < 4.78 is 31.6. The highest BCUT2D eigenvalue weighted by Gasteiger charge is 2.13. The number of aryl methyl sites for hydroxylation is 1. The zero-order valence-electron chi connectivity index (χ0n) is 11.5. The van der Waals surface area contributed by atoms with Crippen LogP contribution in [0.3, 0.4) is 0 Å². The Hall–Kier alpha value is -0.940. The molecule has 19 heavy (non-hydrogen) atoms. The Balaban J connectivity index is 2.93. The first-order valence-electron chi connectivity index (χ1n) is 6.33. The molecule has 0 fully saturated rings. The van der Waals surface area contributed by atoms with Gasteiger partial charge in [0, 0.05) is 0 Å². The molecule has 0 aliphatic heterocycles. The van der Waals surface area contributed by atoms with Gasteiger partial charge in [0.2, 0.25) is 10.0 Å².